The summed E-state index contributed by atoms with van der Waals surface area (Å²) in [6.45, 7) is 11.6. The average molecular weight is 155 g/mol. The van der Waals surface area contributed by atoms with E-state index in [1.54, 1.807) is 6.20 Å². The van der Waals surface area contributed by atoms with Crippen molar-refractivity contribution in [3.63, 3.8) is 0 Å². The molecule has 0 saturated heterocycles. The minimum atomic E-state index is 0.826. The first-order valence-corrected chi connectivity index (χ1v) is 4.56. The molecule has 0 spiro atoms. The Balaban J connectivity index is 3.34. The van der Waals surface area contributed by atoms with Gasteiger partial charge in [-0.1, -0.05) is 33.8 Å². The van der Waals surface area contributed by atoms with Gasteiger partial charge in [0.25, 0.3) is 0 Å². The van der Waals surface area contributed by atoms with Crippen molar-refractivity contribution in [3.05, 3.63) is 12.8 Å². The Kier molecular flexibility index (Phi) is 6.00. The zero-order chi connectivity index (χ0) is 8.69. The molecular formula is C10H21N. The maximum atomic E-state index is 3.61. The van der Waals surface area contributed by atoms with Gasteiger partial charge in [0.2, 0.25) is 0 Å². The van der Waals surface area contributed by atoms with E-state index in [9.17, 15) is 0 Å². The van der Waals surface area contributed by atoms with Crippen LogP contribution in [0.1, 0.15) is 33.6 Å². The zero-order valence-electron chi connectivity index (χ0n) is 8.06. The third-order valence-corrected chi connectivity index (χ3v) is 2.50. The van der Waals surface area contributed by atoms with Gasteiger partial charge >= 0.3 is 0 Å². The van der Waals surface area contributed by atoms with Crippen LogP contribution in [0.2, 0.25) is 0 Å². The van der Waals surface area contributed by atoms with E-state index >= 15 is 0 Å². The van der Waals surface area contributed by atoms with Gasteiger partial charge in [-0.25, -0.2) is 0 Å². The number of rotatable bonds is 6. The highest BCUT2D eigenvalue weighted by molar-refractivity contribution is 4.66. The molecule has 0 aliphatic carbocycles. The molecule has 0 rings (SSSR count). The lowest BCUT2D eigenvalue weighted by Crippen LogP contribution is -2.14. The highest BCUT2D eigenvalue weighted by atomic mass is 14.8. The fourth-order valence-electron chi connectivity index (χ4n) is 1.10. The van der Waals surface area contributed by atoms with Crippen LogP contribution >= 0.6 is 0 Å². The predicted octanol–water partition coefficient (Wildman–Crippen LogP) is 2.79. The normalized spacial score (nSPS) is 15.5. The second kappa shape index (κ2) is 6.26. The quantitative estimate of drug-likeness (QED) is 0.582. The maximum absolute atomic E-state index is 3.61. The minimum absolute atomic E-state index is 0.826. The molecule has 2 unspecified atom stereocenters. The van der Waals surface area contributed by atoms with Crippen molar-refractivity contribution < 1.29 is 0 Å². The molecule has 0 saturated carbocycles. The summed E-state index contributed by atoms with van der Waals surface area (Å²) in [4.78, 5) is 0. The molecule has 0 heterocycles. The van der Waals surface area contributed by atoms with Crippen LogP contribution < -0.4 is 5.32 Å². The van der Waals surface area contributed by atoms with Crippen LogP contribution in [-0.2, 0) is 0 Å². The van der Waals surface area contributed by atoms with Gasteiger partial charge in [0.15, 0.2) is 0 Å². The van der Waals surface area contributed by atoms with E-state index in [0.717, 1.165) is 18.4 Å². The largest absolute Gasteiger partial charge is 0.391 e. The summed E-state index contributed by atoms with van der Waals surface area (Å²) >= 11 is 0. The standard InChI is InChI=1S/C10H21N/c1-5-9(3)10(4)7-8-11-6-2/h6,9-11H,2,5,7-8H2,1,3-4H3. The molecule has 2 atom stereocenters. The van der Waals surface area contributed by atoms with Crippen molar-refractivity contribution in [2.24, 2.45) is 11.8 Å². The lowest BCUT2D eigenvalue weighted by Gasteiger charge is -2.17. The molecular weight excluding hydrogens is 134 g/mol. The minimum Gasteiger partial charge on any atom is -0.391 e. The lowest BCUT2D eigenvalue weighted by molar-refractivity contribution is 0.354. The molecule has 0 aliphatic heterocycles. The number of hydrogen-bond acceptors (Lipinski definition) is 1. The summed E-state index contributed by atoms with van der Waals surface area (Å²) in [5.74, 6) is 1.68. The van der Waals surface area contributed by atoms with E-state index in [-0.39, 0.29) is 0 Å². The first-order valence-electron chi connectivity index (χ1n) is 4.56. The molecule has 0 fully saturated rings. The summed E-state index contributed by atoms with van der Waals surface area (Å²) < 4.78 is 0. The topological polar surface area (TPSA) is 12.0 Å². The Morgan fingerprint density at radius 3 is 2.45 bits per heavy atom. The first kappa shape index (κ1) is 10.5. The van der Waals surface area contributed by atoms with Gasteiger partial charge in [-0.3, -0.25) is 0 Å². The summed E-state index contributed by atoms with van der Waals surface area (Å²) in [5, 5.41) is 3.12. The monoisotopic (exact) mass is 155 g/mol. The second-order valence-corrected chi connectivity index (χ2v) is 3.31. The van der Waals surface area contributed by atoms with E-state index in [0.29, 0.717) is 0 Å². The molecule has 0 amide bonds. The van der Waals surface area contributed by atoms with Gasteiger partial charge < -0.3 is 5.32 Å². The summed E-state index contributed by atoms with van der Waals surface area (Å²) in [5.41, 5.74) is 0. The van der Waals surface area contributed by atoms with Gasteiger partial charge in [-0.15, -0.1) is 0 Å². The zero-order valence-corrected chi connectivity index (χ0v) is 8.06. The smallest absolute Gasteiger partial charge is 0.0143 e. The van der Waals surface area contributed by atoms with E-state index < -0.39 is 0 Å². The molecule has 11 heavy (non-hydrogen) atoms. The third kappa shape index (κ3) is 4.88. The number of hydrogen-bond donors (Lipinski definition) is 1. The SMILES string of the molecule is C=CNCCC(C)C(C)CC. The first-order chi connectivity index (χ1) is 5.22. The highest BCUT2D eigenvalue weighted by Gasteiger charge is 2.08. The third-order valence-electron chi connectivity index (χ3n) is 2.50. The van der Waals surface area contributed by atoms with Crippen LogP contribution in [0, 0.1) is 11.8 Å². The van der Waals surface area contributed by atoms with Crippen LogP contribution in [0.4, 0.5) is 0 Å². The van der Waals surface area contributed by atoms with Gasteiger partial charge in [0.1, 0.15) is 0 Å². The van der Waals surface area contributed by atoms with E-state index in [1.165, 1.54) is 12.8 Å². The molecule has 0 aromatic heterocycles. The molecule has 0 bridgehead atoms. The molecule has 66 valence electrons. The molecule has 1 N–H and O–H groups in total. The Bertz CT molecular complexity index is 99.0. The van der Waals surface area contributed by atoms with E-state index in [2.05, 4.69) is 32.7 Å². The van der Waals surface area contributed by atoms with Crippen molar-refractivity contribution in [1.29, 1.82) is 0 Å². The summed E-state index contributed by atoms with van der Waals surface area (Å²) in [7, 11) is 0. The Hall–Kier alpha value is -0.460. The molecule has 0 aromatic carbocycles. The average Bonchev–Trinajstić information content (AvgIpc) is 2.03. The predicted molar refractivity (Wildman–Crippen MR) is 51.4 cm³/mol. The van der Waals surface area contributed by atoms with Crippen LogP contribution in [0.15, 0.2) is 12.8 Å². The summed E-state index contributed by atoms with van der Waals surface area (Å²) in [6, 6.07) is 0. The van der Waals surface area contributed by atoms with Crippen molar-refractivity contribution >= 4 is 0 Å². The molecule has 0 radical (unpaired) electrons. The van der Waals surface area contributed by atoms with Crippen molar-refractivity contribution in [3.8, 4) is 0 Å². The Labute approximate surface area is 70.9 Å². The van der Waals surface area contributed by atoms with Crippen molar-refractivity contribution in [2.45, 2.75) is 33.6 Å². The highest BCUT2D eigenvalue weighted by Crippen LogP contribution is 2.16. The van der Waals surface area contributed by atoms with E-state index in [1.807, 2.05) is 0 Å². The number of nitrogens with one attached hydrogen (secondary N) is 1. The Morgan fingerprint density at radius 1 is 1.36 bits per heavy atom. The van der Waals surface area contributed by atoms with Crippen molar-refractivity contribution in [2.75, 3.05) is 6.54 Å². The maximum Gasteiger partial charge on any atom is 0.0143 e. The Morgan fingerprint density at radius 2 is 2.00 bits per heavy atom. The van der Waals surface area contributed by atoms with E-state index in [4.69, 9.17) is 0 Å². The fraction of sp³-hybridized carbons (Fsp3) is 0.800. The van der Waals surface area contributed by atoms with Crippen LogP contribution in [0.5, 0.6) is 0 Å². The molecule has 1 heteroatoms. The second-order valence-electron chi connectivity index (χ2n) is 3.31. The van der Waals surface area contributed by atoms with Crippen LogP contribution in [0.3, 0.4) is 0 Å². The molecule has 1 nitrogen and oxygen atoms in total. The fourth-order valence-corrected chi connectivity index (χ4v) is 1.10. The van der Waals surface area contributed by atoms with Gasteiger partial charge in [-0.05, 0) is 24.5 Å². The van der Waals surface area contributed by atoms with Gasteiger partial charge in [0.05, 0.1) is 0 Å². The molecule has 0 aromatic rings. The van der Waals surface area contributed by atoms with Gasteiger partial charge in [-0.2, -0.15) is 0 Å². The lowest BCUT2D eigenvalue weighted by atomic mass is 9.91. The van der Waals surface area contributed by atoms with Crippen LogP contribution in [-0.4, -0.2) is 6.54 Å². The van der Waals surface area contributed by atoms with Crippen LogP contribution in [0.25, 0.3) is 0 Å². The molecule has 0 aliphatic rings. The van der Waals surface area contributed by atoms with Crippen molar-refractivity contribution in [1.82, 2.24) is 5.32 Å². The van der Waals surface area contributed by atoms with Gasteiger partial charge in [0, 0.05) is 6.54 Å². The summed E-state index contributed by atoms with van der Waals surface area (Å²) in [6.07, 6.45) is 4.31.